The van der Waals surface area contributed by atoms with Gasteiger partial charge in [-0.2, -0.15) is 0 Å². The third-order valence-corrected chi connectivity index (χ3v) is 3.97. The summed E-state index contributed by atoms with van der Waals surface area (Å²) in [5, 5.41) is 9.61. The van der Waals surface area contributed by atoms with Crippen LogP contribution in [0.4, 0.5) is 0 Å². The van der Waals surface area contributed by atoms with Gasteiger partial charge in [0.05, 0.1) is 5.69 Å². The average Bonchev–Trinajstić information content (AvgIpc) is 2.43. The minimum atomic E-state index is -0.0244. The molecule has 1 aromatic heterocycles. The number of carbonyl (C=O) groups excluding carboxylic acids is 1. The number of aryl methyl sites for hydroxylation is 1. The van der Waals surface area contributed by atoms with Crippen LogP contribution in [-0.4, -0.2) is 15.9 Å². The number of aromatic nitrogens is 1. The molecule has 1 N–H and O–H groups in total. The Morgan fingerprint density at radius 2 is 1.83 bits per heavy atom. The number of hydrogen-bond donors (Lipinski definition) is 1. The highest BCUT2D eigenvalue weighted by atomic mass is 16.3. The zero-order chi connectivity index (χ0) is 16.6. The summed E-state index contributed by atoms with van der Waals surface area (Å²) in [6, 6.07) is 7.06. The third kappa shape index (κ3) is 3.43. The van der Waals surface area contributed by atoms with E-state index in [0.717, 1.165) is 28.8 Å². The summed E-state index contributed by atoms with van der Waals surface area (Å²) in [5.41, 5.74) is 3.96. The predicted octanol–water partition coefficient (Wildman–Crippen LogP) is 3.65. The number of fused-ring (bicyclic) bond motifs is 1. The lowest BCUT2D eigenvalue weighted by Gasteiger charge is -2.29. The lowest BCUT2D eigenvalue weighted by atomic mass is 9.75. The van der Waals surface area contributed by atoms with Gasteiger partial charge >= 0.3 is 0 Å². The molecule has 0 amide bonds. The van der Waals surface area contributed by atoms with Gasteiger partial charge in [-0.05, 0) is 48.6 Å². The largest absolute Gasteiger partial charge is 0.508 e. The molecule has 0 radical (unpaired) electrons. The van der Waals surface area contributed by atoms with Crippen molar-refractivity contribution in [3.05, 3.63) is 58.4 Å². The molecule has 3 heteroatoms. The Balaban J connectivity index is 1.93. The van der Waals surface area contributed by atoms with Crippen LogP contribution in [0.25, 0.3) is 0 Å². The monoisotopic (exact) mass is 305 g/mol. The molecule has 0 atom stereocenters. The second-order valence-electron chi connectivity index (χ2n) is 6.97. The molecule has 0 saturated carbocycles. The van der Waals surface area contributed by atoms with E-state index in [1.54, 1.807) is 18.3 Å². The second-order valence-corrected chi connectivity index (χ2v) is 6.97. The lowest BCUT2D eigenvalue weighted by molar-refractivity contribution is 0.0910. The molecule has 0 unspecified atom stereocenters. The van der Waals surface area contributed by atoms with E-state index in [-0.39, 0.29) is 16.9 Å². The van der Waals surface area contributed by atoms with Gasteiger partial charge in [0.25, 0.3) is 0 Å². The first-order valence-electron chi connectivity index (χ1n) is 7.67. The van der Waals surface area contributed by atoms with Gasteiger partial charge in [-0.1, -0.05) is 25.7 Å². The van der Waals surface area contributed by atoms with Crippen LogP contribution in [0.3, 0.4) is 0 Å². The molecular formula is C20H19NO2. The molecule has 1 heterocycles. The van der Waals surface area contributed by atoms with Gasteiger partial charge in [0.2, 0.25) is 0 Å². The highest BCUT2D eigenvalue weighted by Crippen LogP contribution is 2.33. The Labute approximate surface area is 136 Å². The van der Waals surface area contributed by atoms with E-state index < -0.39 is 0 Å². The molecule has 3 nitrogen and oxygen atoms in total. The summed E-state index contributed by atoms with van der Waals surface area (Å²) in [5.74, 6) is 6.39. The number of phenols is 1. The maximum atomic E-state index is 12.3. The summed E-state index contributed by atoms with van der Waals surface area (Å²) >= 11 is 0. The fraction of sp³-hybridized carbons (Fsp3) is 0.300. The van der Waals surface area contributed by atoms with Gasteiger partial charge in [0.1, 0.15) is 5.75 Å². The van der Waals surface area contributed by atoms with E-state index in [1.807, 2.05) is 19.1 Å². The fourth-order valence-electron chi connectivity index (χ4n) is 2.97. The van der Waals surface area contributed by atoms with Crippen molar-refractivity contribution in [1.29, 1.82) is 0 Å². The van der Waals surface area contributed by atoms with E-state index in [0.29, 0.717) is 12.0 Å². The van der Waals surface area contributed by atoms with Crippen molar-refractivity contribution in [1.82, 2.24) is 4.98 Å². The SMILES string of the molecule is Cc1cc(O)cc(C#Cc2cnc3c(c2)C(=O)CC(C)(C)C3)c1. The summed E-state index contributed by atoms with van der Waals surface area (Å²) in [6.45, 7) is 6.09. The number of phenolic OH excluding ortho intramolecular Hbond substituents is 1. The van der Waals surface area contributed by atoms with E-state index in [9.17, 15) is 9.90 Å². The highest BCUT2D eigenvalue weighted by molar-refractivity contribution is 5.98. The Morgan fingerprint density at radius 1 is 1.09 bits per heavy atom. The molecule has 116 valence electrons. The first kappa shape index (κ1) is 15.3. The minimum Gasteiger partial charge on any atom is -0.508 e. The Morgan fingerprint density at radius 3 is 2.57 bits per heavy atom. The summed E-state index contributed by atoms with van der Waals surface area (Å²) in [4.78, 5) is 16.7. The Kier molecular flexibility index (Phi) is 3.69. The van der Waals surface area contributed by atoms with Crippen molar-refractivity contribution in [2.45, 2.75) is 33.6 Å². The Hall–Kier alpha value is -2.60. The second kappa shape index (κ2) is 5.55. The number of nitrogens with zero attached hydrogens (tertiary/aromatic N) is 1. The molecule has 0 spiro atoms. The van der Waals surface area contributed by atoms with Crippen LogP contribution in [0, 0.1) is 24.2 Å². The zero-order valence-corrected chi connectivity index (χ0v) is 13.6. The van der Waals surface area contributed by atoms with Gasteiger partial charge in [-0.3, -0.25) is 9.78 Å². The van der Waals surface area contributed by atoms with Crippen LogP contribution in [0.15, 0.2) is 30.5 Å². The molecule has 0 aliphatic heterocycles. The molecule has 0 saturated heterocycles. The highest BCUT2D eigenvalue weighted by Gasteiger charge is 2.31. The predicted molar refractivity (Wildman–Crippen MR) is 89.5 cm³/mol. The maximum Gasteiger partial charge on any atom is 0.165 e. The van der Waals surface area contributed by atoms with Crippen molar-refractivity contribution in [2.24, 2.45) is 5.41 Å². The first-order chi connectivity index (χ1) is 10.8. The number of Topliss-reactive ketones (excluding diaryl/α,β-unsaturated/α-hetero) is 1. The fourth-order valence-corrected chi connectivity index (χ4v) is 2.97. The van der Waals surface area contributed by atoms with E-state index in [2.05, 4.69) is 30.7 Å². The van der Waals surface area contributed by atoms with E-state index in [1.165, 1.54) is 0 Å². The van der Waals surface area contributed by atoms with E-state index in [4.69, 9.17) is 0 Å². The van der Waals surface area contributed by atoms with E-state index >= 15 is 0 Å². The van der Waals surface area contributed by atoms with Crippen molar-refractivity contribution in [2.75, 3.05) is 0 Å². The molecule has 23 heavy (non-hydrogen) atoms. The molecule has 2 aromatic rings. The number of pyridine rings is 1. The topological polar surface area (TPSA) is 50.2 Å². The van der Waals surface area contributed by atoms with Crippen molar-refractivity contribution in [3.63, 3.8) is 0 Å². The lowest BCUT2D eigenvalue weighted by Crippen LogP contribution is -2.27. The number of aromatic hydroxyl groups is 1. The molecule has 1 aliphatic carbocycles. The molecular weight excluding hydrogens is 286 g/mol. The van der Waals surface area contributed by atoms with Crippen LogP contribution >= 0.6 is 0 Å². The van der Waals surface area contributed by atoms with Crippen LogP contribution < -0.4 is 0 Å². The number of rotatable bonds is 0. The molecule has 0 bridgehead atoms. The molecule has 3 rings (SSSR count). The maximum absolute atomic E-state index is 12.3. The number of hydrogen-bond acceptors (Lipinski definition) is 3. The van der Waals surface area contributed by atoms with Crippen molar-refractivity contribution >= 4 is 5.78 Å². The van der Waals surface area contributed by atoms with Gasteiger partial charge in [0, 0.05) is 29.3 Å². The molecule has 1 aliphatic rings. The number of benzene rings is 1. The van der Waals surface area contributed by atoms with Crippen molar-refractivity contribution in [3.8, 4) is 17.6 Å². The van der Waals surface area contributed by atoms with Gasteiger partial charge in [0.15, 0.2) is 5.78 Å². The van der Waals surface area contributed by atoms with Gasteiger partial charge in [-0.25, -0.2) is 0 Å². The minimum absolute atomic E-state index is 0.0244. The van der Waals surface area contributed by atoms with Crippen molar-refractivity contribution < 1.29 is 9.90 Å². The summed E-state index contributed by atoms with van der Waals surface area (Å²) < 4.78 is 0. The zero-order valence-electron chi connectivity index (χ0n) is 13.6. The smallest absolute Gasteiger partial charge is 0.165 e. The van der Waals surface area contributed by atoms with Gasteiger partial charge < -0.3 is 5.11 Å². The number of ketones is 1. The summed E-state index contributed by atoms with van der Waals surface area (Å²) in [6.07, 6.45) is 3.08. The average molecular weight is 305 g/mol. The quantitative estimate of drug-likeness (QED) is 0.756. The van der Waals surface area contributed by atoms with Crippen LogP contribution in [-0.2, 0) is 6.42 Å². The first-order valence-corrected chi connectivity index (χ1v) is 7.67. The molecule has 1 aromatic carbocycles. The van der Waals surface area contributed by atoms with Crippen LogP contribution in [0.2, 0.25) is 0 Å². The van der Waals surface area contributed by atoms with Crippen LogP contribution in [0.1, 0.15) is 53.0 Å². The standard InChI is InChI=1S/C20H19NO2/c1-13-6-14(8-16(22)7-13)4-5-15-9-17-18(21-12-15)10-20(2,3)11-19(17)23/h6-9,12,22H,10-11H2,1-3H3. The van der Waals surface area contributed by atoms with Gasteiger partial charge in [-0.15, -0.1) is 0 Å². The Bertz CT molecular complexity index is 833. The normalized spacial score (nSPS) is 15.5. The number of carbonyl (C=O) groups is 1. The van der Waals surface area contributed by atoms with Crippen LogP contribution in [0.5, 0.6) is 5.75 Å². The third-order valence-electron chi connectivity index (χ3n) is 3.97. The summed E-state index contributed by atoms with van der Waals surface area (Å²) in [7, 11) is 0. The molecule has 0 fully saturated rings.